The summed E-state index contributed by atoms with van der Waals surface area (Å²) in [5.74, 6) is -0.458. The lowest BCUT2D eigenvalue weighted by molar-refractivity contribution is -0.120. The Hall–Kier alpha value is -1.67. The summed E-state index contributed by atoms with van der Waals surface area (Å²) in [4.78, 5) is 11.3. The van der Waals surface area contributed by atoms with E-state index in [0.29, 0.717) is 0 Å². The lowest BCUT2D eigenvalue weighted by atomic mass is 10.5. The summed E-state index contributed by atoms with van der Waals surface area (Å²) in [5.41, 5.74) is 0. The van der Waals surface area contributed by atoms with Gasteiger partial charge in [-0.05, 0) is 6.08 Å². The van der Waals surface area contributed by atoms with Crippen molar-refractivity contribution in [1.29, 1.82) is 0 Å². The number of carbonyl (C=O) groups is 1. The third kappa shape index (κ3) is 1.71. The Morgan fingerprint density at radius 2 is 2.00 bits per heavy atom. The molecule has 0 aromatic heterocycles. The van der Waals surface area contributed by atoms with Gasteiger partial charge in [0, 0.05) is 12.1 Å². The van der Waals surface area contributed by atoms with E-state index in [4.69, 9.17) is 12.8 Å². The van der Waals surface area contributed by atoms with Gasteiger partial charge in [-0.25, -0.2) is 0 Å². The summed E-state index contributed by atoms with van der Waals surface area (Å²) in [5, 5.41) is 0. The number of carbonyl (C=O) groups excluding carboxylic acids is 1. The summed E-state index contributed by atoms with van der Waals surface area (Å²) in [6.07, 6.45) is 10.7. The molecule has 0 unspecified atom stereocenters. The molecule has 0 aliphatic rings. The number of hydrogen-bond acceptors (Lipinski definition) is 1. The average Bonchev–Trinajstić information content (AvgIpc) is 1.90. The van der Waals surface area contributed by atoms with Crippen molar-refractivity contribution in [2.45, 2.75) is 0 Å². The van der Waals surface area contributed by atoms with Gasteiger partial charge in [-0.3, -0.25) is 4.79 Å². The predicted octanol–water partition coefficient (Wildman–Crippen LogP) is 0.182. The highest BCUT2D eigenvalue weighted by atomic mass is 16.2. The second-order valence-electron chi connectivity index (χ2n) is 1.14. The molecule has 0 atom stereocenters. The molecule has 0 heterocycles. The molecular weight excluding hydrogens is 114 g/mol. The van der Waals surface area contributed by atoms with Crippen LogP contribution in [0.4, 0.5) is 0 Å². The van der Waals surface area contributed by atoms with Crippen LogP contribution in [-0.4, -0.2) is 10.8 Å². The largest absolute Gasteiger partial charge is 0.269 e. The van der Waals surface area contributed by atoms with E-state index >= 15 is 0 Å². The molecule has 0 saturated heterocycles. The van der Waals surface area contributed by atoms with Crippen molar-refractivity contribution in [1.82, 2.24) is 4.90 Å². The fraction of sp³-hybridized carbons (Fsp3) is 0. The van der Waals surface area contributed by atoms with Crippen molar-refractivity contribution < 1.29 is 4.79 Å². The van der Waals surface area contributed by atoms with Crippen molar-refractivity contribution in [3.8, 4) is 24.9 Å². The Bertz CT molecular complexity index is 190. The quantitative estimate of drug-likeness (QED) is 0.274. The Morgan fingerprint density at radius 3 is 2.11 bits per heavy atom. The molecule has 1 amide bonds. The molecule has 0 aliphatic carbocycles. The number of hydrogen-bond donors (Lipinski definition) is 0. The van der Waals surface area contributed by atoms with Crippen LogP contribution in [0.25, 0.3) is 0 Å². The van der Waals surface area contributed by atoms with Crippen LogP contribution in [0.5, 0.6) is 0 Å². The topological polar surface area (TPSA) is 20.3 Å². The monoisotopic (exact) mass is 119 g/mol. The van der Waals surface area contributed by atoms with Crippen molar-refractivity contribution in [3.05, 3.63) is 12.7 Å². The van der Waals surface area contributed by atoms with Gasteiger partial charge in [0.15, 0.2) is 0 Å². The highest BCUT2D eigenvalue weighted by Crippen LogP contribution is 1.82. The van der Waals surface area contributed by atoms with Gasteiger partial charge in [-0.1, -0.05) is 19.4 Å². The van der Waals surface area contributed by atoms with Crippen LogP contribution in [0.15, 0.2) is 12.7 Å². The van der Waals surface area contributed by atoms with E-state index in [1.165, 1.54) is 0 Å². The first-order valence-corrected chi connectivity index (χ1v) is 2.15. The first-order valence-electron chi connectivity index (χ1n) is 2.15. The lowest BCUT2D eigenvalue weighted by Crippen LogP contribution is -2.17. The zero-order valence-electron chi connectivity index (χ0n) is 4.79. The number of nitrogens with zero attached hydrogens (tertiary/aromatic N) is 1. The Kier molecular flexibility index (Phi) is 2.73. The highest BCUT2D eigenvalue weighted by Gasteiger charge is 1.99. The van der Waals surface area contributed by atoms with Crippen molar-refractivity contribution >= 4 is 5.91 Å². The van der Waals surface area contributed by atoms with E-state index in [1.54, 1.807) is 0 Å². The predicted molar refractivity (Wildman–Crippen MR) is 34.7 cm³/mol. The van der Waals surface area contributed by atoms with E-state index in [9.17, 15) is 4.79 Å². The Labute approximate surface area is 54.2 Å². The molecule has 2 heteroatoms. The fourth-order valence-corrected chi connectivity index (χ4v) is 0.256. The van der Waals surface area contributed by atoms with Crippen LogP contribution < -0.4 is 0 Å². The van der Waals surface area contributed by atoms with Gasteiger partial charge >= 0.3 is 0 Å². The Morgan fingerprint density at radius 1 is 1.56 bits per heavy atom. The van der Waals surface area contributed by atoms with Gasteiger partial charge < -0.3 is 0 Å². The number of terminal acetylenes is 2. The minimum absolute atomic E-state index is 0.458. The molecule has 0 radical (unpaired) electrons. The molecular formula is C7H5NO. The molecule has 0 N–H and O–H groups in total. The van der Waals surface area contributed by atoms with Crippen LogP contribution in [0.1, 0.15) is 0 Å². The average molecular weight is 119 g/mol. The molecule has 0 bridgehead atoms. The molecule has 0 fully saturated rings. The van der Waals surface area contributed by atoms with E-state index in [2.05, 4.69) is 6.58 Å². The normalized spacial score (nSPS) is 6.44. The lowest BCUT2D eigenvalue weighted by Gasteiger charge is -1.99. The molecule has 2 nitrogen and oxygen atoms in total. The van der Waals surface area contributed by atoms with Gasteiger partial charge in [-0.2, -0.15) is 4.90 Å². The maximum absolute atomic E-state index is 10.5. The highest BCUT2D eigenvalue weighted by molar-refractivity contribution is 5.89. The smallest absolute Gasteiger partial charge is 0.268 e. The van der Waals surface area contributed by atoms with Gasteiger partial charge in [0.2, 0.25) is 0 Å². The third-order valence-corrected chi connectivity index (χ3v) is 0.653. The van der Waals surface area contributed by atoms with E-state index in [0.717, 1.165) is 11.0 Å². The zero-order chi connectivity index (χ0) is 7.28. The summed E-state index contributed by atoms with van der Waals surface area (Å²) >= 11 is 0. The maximum atomic E-state index is 10.5. The minimum Gasteiger partial charge on any atom is -0.268 e. The van der Waals surface area contributed by atoms with Gasteiger partial charge in [0.05, 0.1) is 0 Å². The van der Waals surface area contributed by atoms with Gasteiger partial charge in [-0.15, -0.1) is 0 Å². The Balaban J connectivity index is 4.21. The first-order chi connectivity index (χ1) is 4.26. The van der Waals surface area contributed by atoms with E-state index in [-0.39, 0.29) is 0 Å². The summed E-state index contributed by atoms with van der Waals surface area (Å²) in [6, 6.07) is 3.96. The van der Waals surface area contributed by atoms with Crippen molar-refractivity contribution in [3.63, 3.8) is 0 Å². The zero-order valence-corrected chi connectivity index (χ0v) is 4.79. The standard InChI is InChI=1S/C7H5NO/c1-4-7(9)8(5-2)6-3/h2-4H,1H2. The van der Waals surface area contributed by atoms with Crippen molar-refractivity contribution in [2.75, 3.05) is 0 Å². The molecule has 0 aliphatic heterocycles. The molecule has 9 heavy (non-hydrogen) atoms. The minimum atomic E-state index is -0.458. The summed E-state index contributed by atoms with van der Waals surface area (Å²) in [7, 11) is 0. The maximum Gasteiger partial charge on any atom is 0.269 e. The molecule has 44 valence electrons. The summed E-state index contributed by atoms with van der Waals surface area (Å²) < 4.78 is 0. The van der Waals surface area contributed by atoms with Crippen LogP contribution in [0.2, 0.25) is 0 Å². The fourth-order valence-electron chi connectivity index (χ4n) is 0.256. The molecule has 0 saturated carbocycles. The van der Waals surface area contributed by atoms with Crippen LogP contribution in [0.3, 0.4) is 0 Å². The first kappa shape index (κ1) is 7.33. The second-order valence-corrected chi connectivity index (χ2v) is 1.14. The van der Waals surface area contributed by atoms with Gasteiger partial charge in [0.1, 0.15) is 0 Å². The van der Waals surface area contributed by atoms with E-state index < -0.39 is 5.91 Å². The molecule has 0 aromatic carbocycles. The summed E-state index contributed by atoms with van der Waals surface area (Å²) in [6.45, 7) is 3.20. The number of rotatable bonds is 1. The molecule has 0 rings (SSSR count). The third-order valence-electron chi connectivity index (χ3n) is 0.653. The van der Waals surface area contributed by atoms with Crippen LogP contribution >= 0.6 is 0 Å². The molecule has 0 aromatic rings. The van der Waals surface area contributed by atoms with E-state index in [1.807, 2.05) is 12.1 Å². The van der Waals surface area contributed by atoms with Crippen molar-refractivity contribution in [2.24, 2.45) is 0 Å². The SMILES string of the molecule is C#CN(C#C)C(=O)C=C. The van der Waals surface area contributed by atoms with Crippen LogP contribution in [0, 0.1) is 24.9 Å². The van der Waals surface area contributed by atoms with Gasteiger partial charge in [0.25, 0.3) is 5.91 Å². The second kappa shape index (κ2) is 3.35. The molecule has 0 spiro atoms. The van der Waals surface area contributed by atoms with Crippen LogP contribution in [-0.2, 0) is 4.79 Å². The number of amides is 1.